The average Bonchev–Trinajstić information content (AvgIpc) is 2.70. The van der Waals surface area contributed by atoms with Gasteiger partial charge in [-0.15, -0.1) is 0 Å². The summed E-state index contributed by atoms with van der Waals surface area (Å²) in [6.07, 6.45) is 1.43. The van der Waals surface area contributed by atoms with Crippen LogP contribution in [0.4, 0.5) is 5.00 Å². The van der Waals surface area contributed by atoms with E-state index in [-0.39, 0.29) is 16.0 Å². The number of aliphatic hydroxyl groups is 1. The number of piperidine rings is 1. The summed E-state index contributed by atoms with van der Waals surface area (Å²) in [6, 6.07) is 3.37. The Bertz CT molecular complexity index is 372. The molecule has 2 rings (SSSR count). The lowest BCUT2D eigenvalue weighted by Crippen LogP contribution is -2.35. The van der Waals surface area contributed by atoms with Crippen molar-refractivity contribution in [2.75, 3.05) is 13.1 Å². The number of thiophene rings is 1. The van der Waals surface area contributed by atoms with Crippen LogP contribution in [0.3, 0.4) is 0 Å². The molecule has 0 saturated carbocycles. The van der Waals surface area contributed by atoms with Gasteiger partial charge >= 0.3 is 5.00 Å². The maximum Gasteiger partial charge on any atom is 0.324 e. The lowest BCUT2D eigenvalue weighted by molar-refractivity contribution is -0.380. The number of hydrogen-bond donors (Lipinski definition) is 1. The molecule has 1 aromatic heterocycles. The molecule has 0 radical (unpaired) electrons. The Kier molecular flexibility index (Phi) is 3.52. The summed E-state index contributed by atoms with van der Waals surface area (Å²) in [5.41, 5.74) is 0. The van der Waals surface area contributed by atoms with E-state index in [2.05, 4.69) is 4.90 Å². The van der Waals surface area contributed by atoms with Crippen LogP contribution in [0.2, 0.25) is 0 Å². The van der Waals surface area contributed by atoms with E-state index in [0.29, 0.717) is 0 Å². The molecule has 1 N–H and O–H groups in total. The molecule has 0 aliphatic carbocycles. The first-order valence-electron chi connectivity index (χ1n) is 5.28. The Morgan fingerprint density at radius 1 is 1.50 bits per heavy atom. The normalized spacial score (nSPS) is 18.8. The molecule has 2 heterocycles. The van der Waals surface area contributed by atoms with E-state index >= 15 is 0 Å². The van der Waals surface area contributed by atoms with Crippen LogP contribution in [0.15, 0.2) is 12.1 Å². The molecule has 0 amide bonds. The minimum absolute atomic E-state index is 0.172. The van der Waals surface area contributed by atoms with Gasteiger partial charge in [0.05, 0.1) is 11.0 Å². The molecule has 0 bridgehead atoms. The van der Waals surface area contributed by atoms with Crippen LogP contribution in [0.1, 0.15) is 17.7 Å². The van der Waals surface area contributed by atoms with Gasteiger partial charge in [-0.1, -0.05) is 11.3 Å². The highest BCUT2D eigenvalue weighted by molar-refractivity contribution is 7.15. The topological polar surface area (TPSA) is 66.6 Å². The molecule has 0 spiro atoms. The number of nitrogens with zero attached hydrogens (tertiary/aromatic N) is 2. The molecule has 88 valence electrons. The van der Waals surface area contributed by atoms with Crippen LogP contribution in [0.25, 0.3) is 0 Å². The summed E-state index contributed by atoms with van der Waals surface area (Å²) in [6.45, 7) is 2.49. The van der Waals surface area contributed by atoms with Crippen molar-refractivity contribution >= 4 is 16.3 Å². The summed E-state index contributed by atoms with van der Waals surface area (Å²) in [5, 5.41) is 20.1. The molecule has 0 unspecified atom stereocenters. The first-order chi connectivity index (χ1) is 7.65. The van der Waals surface area contributed by atoms with Gasteiger partial charge in [0.25, 0.3) is 0 Å². The predicted octanol–water partition coefficient (Wildman–Crippen LogP) is 1.61. The third-order valence-corrected chi connectivity index (χ3v) is 3.79. The fraction of sp³-hybridized carbons (Fsp3) is 0.600. The van der Waals surface area contributed by atoms with E-state index in [0.717, 1.165) is 37.4 Å². The molecule has 0 aromatic carbocycles. The third kappa shape index (κ3) is 2.78. The first-order valence-corrected chi connectivity index (χ1v) is 6.10. The van der Waals surface area contributed by atoms with Gasteiger partial charge in [-0.25, -0.2) is 0 Å². The van der Waals surface area contributed by atoms with Crippen LogP contribution in [0, 0.1) is 10.1 Å². The van der Waals surface area contributed by atoms with Gasteiger partial charge in [0.15, 0.2) is 0 Å². The Labute approximate surface area is 97.5 Å². The van der Waals surface area contributed by atoms with E-state index in [9.17, 15) is 15.2 Å². The average molecular weight is 242 g/mol. The lowest BCUT2D eigenvalue weighted by atomic mass is 10.1. The maximum atomic E-state index is 10.5. The first kappa shape index (κ1) is 11.5. The smallest absolute Gasteiger partial charge is 0.324 e. The third-order valence-electron chi connectivity index (χ3n) is 2.76. The van der Waals surface area contributed by atoms with E-state index in [1.54, 1.807) is 6.07 Å². The quantitative estimate of drug-likeness (QED) is 0.646. The van der Waals surface area contributed by atoms with Crippen LogP contribution >= 0.6 is 11.3 Å². The monoisotopic (exact) mass is 242 g/mol. The molecule has 16 heavy (non-hydrogen) atoms. The summed E-state index contributed by atoms with van der Waals surface area (Å²) < 4.78 is 0. The number of hydrogen-bond acceptors (Lipinski definition) is 5. The van der Waals surface area contributed by atoms with Crippen molar-refractivity contribution in [3.05, 3.63) is 27.1 Å². The summed E-state index contributed by atoms with van der Waals surface area (Å²) in [5.74, 6) is 0. The number of rotatable bonds is 3. The van der Waals surface area contributed by atoms with Crippen molar-refractivity contribution < 1.29 is 10.0 Å². The maximum absolute atomic E-state index is 10.5. The van der Waals surface area contributed by atoms with Gasteiger partial charge in [0, 0.05) is 30.6 Å². The SMILES string of the molecule is O=[N+]([O-])c1ccc(CN2CCC(O)CC2)s1. The van der Waals surface area contributed by atoms with Crippen molar-refractivity contribution in [1.29, 1.82) is 0 Å². The van der Waals surface area contributed by atoms with E-state index in [1.165, 1.54) is 11.3 Å². The molecule has 0 atom stereocenters. The zero-order valence-electron chi connectivity index (χ0n) is 8.83. The predicted molar refractivity (Wildman–Crippen MR) is 61.5 cm³/mol. The zero-order chi connectivity index (χ0) is 11.5. The number of aliphatic hydroxyl groups excluding tert-OH is 1. The van der Waals surface area contributed by atoms with E-state index in [1.807, 2.05) is 6.07 Å². The van der Waals surface area contributed by atoms with Crippen molar-refractivity contribution in [2.24, 2.45) is 0 Å². The van der Waals surface area contributed by atoms with Crippen molar-refractivity contribution in [3.63, 3.8) is 0 Å². The summed E-state index contributed by atoms with van der Waals surface area (Å²) in [7, 11) is 0. The fourth-order valence-electron chi connectivity index (χ4n) is 1.85. The van der Waals surface area contributed by atoms with Gasteiger partial charge < -0.3 is 5.11 Å². The molecular weight excluding hydrogens is 228 g/mol. The molecule has 1 saturated heterocycles. The van der Waals surface area contributed by atoms with Gasteiger partial charge in [0.1, 0.15) is 0 Å². The van der Waals surface area contributed by atoms with Crippen molar-refractivity contribution in [1.82, 2.24) is 4.90 Å². The molecular formula is C10H14N2O3S. The summed E-state index contributed by atoms with van der Waals surface area (Å²) in [4.78, 5) is 13.4. The Morgan fingerprint density at radius 3 is 2.75 bits per heavy atom. The lowest BCUT2D eigenvalue weighted by Gasteiger charge is -2.28. The van der Waals surface area contributed by atoms with Gasteiger partial charge in [0.2, 0.25) is 0 Å². The Morgan fingerprint density at radius 2 is 2.19 bits per heavy atom. The summed E-state index contributed by atoms with van der Waals surface area (Å²) >= 11 is 1.23. The Balaban J connectivity index is 1.91. The van der Waals surface area contributed by atoms with Crippen LogP contribution in [-0.2, 0) is 6.54 Å². The number of likely N-dealkylation sites (tertiary alicyclic amines) is 1. The highest BCUT2D eigenvalue weighted by atomic mass is 32.1. The molecule has 6 heteroatoms. The Hall–Kier alpha value is -0.980. The fourth-order valence-corrected chi connectivity index (χ4v) is 2.71. The minimum Gasteiger partial charge on any atom is -0.393 e. The van der Waals surface area contributed by atoms with Crippen LogP contribution in [0.5, 0.6) is 0 Å². The van der Waals surface area contributed by atoms with Crippen LogP contribution in [-0.4, -0.2) is 34.1 Å². The molecule has 1 aromatic rings. The minimum atomic E-state index is -0.353. The second-order valence-corrected chi connectivity index (χ2v) is 5.15. The molecule has 1 aliphatic heterocycles. The highest BCUT2D eigenvalue weighted by Crippen LogP contribution is 2.25. The molecule has 5 nitrogen and oxygen atoms in total. The standard InChI is InChI=1S/C10H14N2O3S/c13-8-3-5-11(6-4-8)7-9-1-2-10(16-9)12(14)15/h1-2,8,13H,3-7H2. The zero-order valence-corrected chi connectivity index (χ0v) is 9.65. The number of nitro groups is 1. The van der Waals surface area contributed by atoms with Gasteiger partial charge in [-0.2, -0.15) is 0 Å². The second-order valence-electron chi connectivity index (χ2n) is 4.00. The van der Waals surface area contributed by atoms with Crippen molar-refractivity contribution in [2.45, 2.75) is 25.5 Å². The van der Waals surface area contributed by atoms with E-state index in [4.69, 9.17) is 0 Å². The highest BCUT2D eigenvalue weighted by Gasteiger charge is 2.18. The van der Waals surface area contributed by atoms with Gasteiger partial charge in [-0.05, 0) is 18.9 Å². The largest absolute Gasteiger partial charge is 0.393 e. The molecule has 1 fully saturated rings. The molecule has 1 aliphatic rings. The second kappa shape index (κ2) is 4.90. The van der Waals surface area contributed by atoms with Crippen LogP contribution < -0.4 is 0 Å². The van der Waals surface area contributed by atoms with E-state index < -0.39 is 0 Å². The van der Waals surface area contributed by atoms with Crippen molar-refractivity contribution in [3.8, 4) is 0 Å². The van der Waals surface area contributed by atoms with Gasteiger partial charge in [-0.3, -0.25) is 15.0 Å².